The number of rotatable bonds is 3. The van der Waals surface area contributed by atoms with Gasteiger partial charge in [0.2, 0.25) is 6.23 Å². The zero-order valence-corrected chi connectivity index (χ0v) is 11.8. The predicted molar refractivity (Wildman–Crippen MR) is 75.2 cm³/mol. The summed E-state index contributed by atoms with van der Waals surface area (Å²) >= 11 is 0. The van der Waals surface area contributed by atoms with Crippen LogP contribution in [0.2, 0.25) is 0 Å². The number of nitrogens with zero attached hydrogens (tertiary/aromatic N) is 1. The zero-order chi connectivity index (χ0) is 16.6. The second-order valence-corrected chi connectivity index (χ2v) is 5.26. The van der Waals surface area contributed by atoms with Gasteiger partial charge in [0.05, 0.1) is 6.10 Å². The quantitative estimate of drug-likeness (QED) is 0.860. The highest BCUT2D eigenvalue weighted by Crippen LogP contribution is 2.42. The summed E-state index contributed by atoms with van der Waals surface area (Å²) in [6.07, 6.45) is -4.33. The van der Waals surface area contributed by atoms with Gasteiger partial charge >= 0.3 is 11.6 Å². The summed E-state index contributed by atoms with van der Waals surface area (Å²) in [5, 5.41) is 9.88. The lowest BCUT2D eigenvalue weighted by Crippen LogP contribution is -2.42. The fraction of sp³-hybridized carbons (Fsp3) is 0.333. The van der Waals surface area contributed by atoms with Gasteiger partial charge in [-0.2, -0.15) is 8.78 Å². The molecular formula is C15H13F2N2O4. The molecule has 1 radical (unpaired) electrons. The van der Waals surface area contributed by atoms with Gasteiger partial charge in [0.25, 0.3) is 5.56 Å². The third kappa shape index (κ3) is 2.82. The molecule has 3 rings (SSSR count). The second-order valence-electron chi connectivity index (χ2n) is 5.26. The van der Waals surface area contributed by atoms with Crippen molar-refractivity contribution >= 4 is 0 Å². The molecular weight excluding hydrogens is 310 g/mol. The molecule has 0 saturated carbocycles. The number of alkyl halides is 2. The number of nitrogens with one attached hydrogen (secondary N) is 1. The van der Waals surface area contributed by atoms with Crippen LogP contribution in [0.25, 0.3) is 0 Å². The van der Waals surface area contributed by atoms with Crippen molar-refractivity contribution in [3.63, 3.8) is 0 Å². The van der Waals surface area contributed by atoms with E-state index in [1.165, 1.54) is 0 Å². The Morgan fingerprint density at radius 3 is 2.78 bits per heavy atom. The van der Waals surface area contributed by atoms with Gasteiger partial charge in [-0.3, -0.25) is 14.3 Å². The molecule has 1 saturated heterocycles. The van der Waals surface area contributed by atoms with E-state index in [4.69, 9.17) is 4.74 Å². The highest BCUT2D eigenvalue weighted by molar-refractivity contribution is 5.15. The minimum Gasteiger partial charge on any atom is -0.384 e. The largest absolute Gasteiger partial charge is 0.384 e. The van der Waals surface area contributed by atoms with Crippen LogP contribution in [-0.2, 0) is 11.2 Å². The molecule has 1 aromatic heterocycles. The Labute approximate surface area is 129 Å². The van der Waals surface area contributed by atoms with Crippen LogP contribution < -0.4 is 11.2 Å². The van der Waals surface area contributed by atoms with Crippen LogP contribution in [0.4, 0.5) is 8.78 Å². The Morgan fingerprint density at radius 2 is 2.13 bits per heavy atom. The van der Waals surface area contributed by atoms with E-state index in [0.29, 0.717) is 10.1 Å². The van der Waals surface area contributed by atoms with E-state index in [1.807, 2.05) is 4.98 Å². The third-order valence-corrected chi connectivity index (χ3v) is 3.68. The molecule has 6 nitrogen and oxygen atoms in total. The summed E-state index contributed by atoms with van der Waals surface area (Å²) < 4.78 is 34.4. The van der Waals surface area contributed by atoms with E-state index in [1.54, 1.807) is 24.3 Å². The van der Waals surface area contributed by atoms with Gasteiger partial charge in [-0.1, -0.05) is 24.3 Å². The zero-order valence-electron chi connectivity index (χ0n) is 11.8. The molecule has 8 heteroatoms. The Bertz CT molecular complexity index is 803. The lowest BCUT2D eigenvalue weighted by Gasteiger charge is -2.20. The molecule has 0 amide bonds. The number of aliphatic hydroxyl groups is 1. The van der Waals surface area contributed by atoms with Crippen LogP contribution in [0.5, 0.6) is 0 Å². The Morgan fingerprint density at radius 1 is 1.35 bits per heavy atom. The van der Waals surface area contributed by atoms with Crippen molar-refractivity contribution in [2.24, 2.45) is 0 Å². The summed E-state index contributed by atoms with van der Waals surface area (Å²) in [7, 11) is 0. The van der Waals surface area contributed by atoms with Gasteiger partial charge < -0.3 is 9.84 Å². The molecule has 1 aromatic carbocycles. The highest BCUT2D eigenvalue weighted by Gasteiger charge is 2.59. The fourth-order valence-corrected chi connectivity index (χ4v) is 2.52. The Kier molecular flexibility index (Phi) is 3.87. The van der Waals surface area contributed by atoms with E-state index in [2.05, 4.69) is 6.07 Å². The van der Waals surface area contributed by atoms with E-state index in [-0.39, 0.29) is 6.42 Å². The first kappa shape index (κ1) is 15.6. The van der Waals surface area contributed by atoms with Crippen LogP contribution >= 0.6 is 0 Å². The lowest BCUT2D eigenvalue weighted by molar-refractivity contribution is -0.140. The molecule has 3 atom stereocenters. The van der Waals surface area contributed by atoms with Crippen LogP contribution in [0.3, 0.4) is 0 Å². The maximum Gasteiger partial charge on any atom is 0.330 e. The summed E-state index contributed by atoms with van der Waals surface area (Å²) in [5.41, 5.74) is -1.13. The van der Waals surface area contributed by atoms with Gasteiger partial charge in [0.1, 0.15) is 6.10 Å². The first-order chi connectivity index (χ1) is 10.9. The molecule has 1 fully saturated rings. The topological polar surface area (TPSA) is 84.3 Å². The monoisotopic (exact) mass is 323 g/mol. The average molecular weight is 323 g/mol. The predicted octanol–water partition coefficient (Wildman–Crippen LogP) is 0.473. The van der Waals surface area contributed by atoms with Crippen molar-refractivity contribution in [3.05, 3.63) is 69.0 Å². The van der Waals surface area contributed by atoms with Crippen molar-refractivity contribution in [1.29, 1.82) is 0 Å². The minimum absolute atomic E-state index is 0.0200. The van der Waals surface area contributed by atoms with Crippen LogP contribution in [0.1, 0.15) is 11.8 Å². The Hall–Kier alpha value is -2.32. The summed E-state index contributed by atoms with van der Waals surface area (Å²) in [6, 6.07) is 10.5. The second kappa shape index (κ2) is 5.71. The van der Waals surface area contributed by atoms with Crippen molar-refractivity contribution in [2.75, 3.05) is 0 Å². The number of benzene rings is 1. The fourth-order valence-electron chi connectivity index (χ4n) is 2.52. The van der Waals surface area contributed by atoms with Gasteiger partial charge in [-0.05, 0) is 11.6 Å². The maximum absolute atomic E-state index is 14.3. The van der Waals surface area contributed by atoms with Crippen LogP contribution in [0.15, 0.2) is 46.1 Å². The summed E-state index contributed by atoms with van der Waals surface area (Å²) in [4.78, 5) is 24.6. The third-order valence-electron chi connectivity index (χ3n) is 3.68. The summed E-state index contributed by atoms with van der Waals surface area (Å²) in [5.74, 6) is -3.68. The number of H-pyrrole nitrogens is 1. The molecule has 0 unspecified atom stereocenters. The lowest BCUT2D eigenvalue weighted by atomic mass is 10.0. The molecule has 23 heavy (non-hydrogen) atoms. The summed E-state index contributed by atoms with van der Waals surface area (Å²) in [6.45, 7) is 0. The minimum atomic E-state index is -3.68. The van der Waals surface area contributed by atoms with E-state index in [0.717, 1.165) is 12.3 Å². The van der Waals surface area contributed by atoms with Gasteiger partial charge in [0, 0.05) is 18.7 Å². The molecule has 0 spiro atoms. The molecule has 0 bridgehead atoms. The smallest absolute Gasteiger partial charge is 0.330 e. The van der Waals surface area contributed by atoms with Gasteiger partial charge in [0.15, 0.2) is 0 Å². The number of hydrogen-bond donors (Lipinski definition) is 2. The standard InChI is InChI=1S/C15H13F2N2O4/c16-15(17)12(21)10(8-9-4-2-1-3-5-9)23-13(15)19-7-6-11(20)18-14(19)22/h1-4,6-7,10,12-13,21H,8H2,(H,18,20,22)/t10-,12-,13-/m1/s1. The molecule has 1 aliphatic heterocycles. The van der Waals surface area contributed by atoms with Gasteiger partial charge in [-0.15, -0.1) is 0 Å². The molecule has 0 aliphatic carbocycles. The average Bonchev–Trinajstić information content (AvgIpc) is 2.72. The molecule has 121 valence electrons. The van der Waals surface area contributed by atoms with E-state index >= 15 is 0 Å². The normalized spacial score (nSPS) is 26.3. The first-order valence-corrected chi connectivity index (χ1v) is 6.88. The number of aliphatic hydroxyl groups excluding tert-OH is 1. The first-order valence-electron chi connectivity index (χ1n) is 6.88. The van der Waals surface area contributed by atoms with Crippen LogP contribution in [0, 0.1) is 6.07 Å². The number of hydrogen-bond acceptors (Lipinski definition) is 4. The van der Waals surface area contributed by atoms with Crippen molar-refractivity contribution < 1.29 is 18.6 Å². The van der Waals surface area contributed by atoms with Crippen molar-refractivity contribution in [1.82, 2.24) is 9.55 Å². The van der Waals surface area contributed by atoms with Crippen molar-refractivity contribution in [3.8, 4) is 0 Å². The van der Waals surface area contributed by atoms with Crippen molar-refractivity contribution in [2.45, 2.75) is 30.8 Å². The Balaban J connectivity index is 1.91. The molecule has 2 aromatic rings. The molecule has 2 heterocycles. The number of ether oxygens (including phenoxy) is 1. The van der Waals surface area contributed by atoms with Crippen LogP contribution in [-0.4, -0.2) is 32.8 Å². The number of aromatic amines is 1. The van der Waals surface area contributed by atoms with Gasteiger partial charge in [-0.25, -0.2) is 4.79 Å². The molecule has 2 N–H and O–H groups in total. The van der Waals surface area contributed by atoms with E-state index in [9.17, 15) is 23.5 Å². The molecule has 1 aliphatic rings. The number of halogens is 2. The van der Waals surface area contributed by atoms with E-state index < -0.39 is 35.6 Å². The maximum atomic E-state index is 14.3. The highest BCUT2D eigenvalue weighted by atomic mass is 19.3. The number of aromatic nitrogens is 2. The SMILES string of the molecule is O=c1ccn([C@@H]2O[C@H](Cc3[c]cccc3)[C@@H](O)C2(F)F)c(=O)[nH]1.